The number of aryl methyl sites for hydroxylation is 1. The Morgan fingerprint density at radius 2 is 1.79 bits per heavy atom. The molecular formula is C21H25NO2. The van der Waals surface area contributed by atoms with E-state index in [1.54, 1.807) is 0 Å². The SMILES string of the molecule is CCC1(CC)C[C@@H](NC(=O)c2ccccc2C)c2ccccc2O1. The molecule has 2 aromatic carbocycles. The van der Waals surface area contributed by atoms with Gasteiger partial charge in [-0.15, -0.1) is 0 Å². The van der Waals surface area contributed by atoms with Crippen molar-refractivity contribution in [3.63, 3.8) is 0 Å². The molecule has 1 N–H and O–H groups in total. The van der Waals surface area contributed by atoms with Crippen molar-refractivity contribution in [3.8, 4) is 5.75 Å². The van der Waals surface area contributed by atoms with Crippen molar-refractivity contribution in [2.75, 3.05) is 0 Å². The zero-order chi connectivity index (χ0) is 17.2. The minimum atomic E-state index is -0.210. The number of ether oxygens (including phenoxy) is 1. The predicted molar refractivity (Wildman–Crippen MR) is 96.4 cm³/mol. The number of carbonyl (C=O) groups is 1. The molecule has 1 aliphatic rings. The largest absolute Gasteiger partial charge is 0.487 e. The van der Waals surface area contributed by atoms with Crippen LogP contribution in [0.5, 0.6) is 5.75 Å². The van der Waals surface area contributed by atoms with Gasteiger partial charge in [-0.3, -0.25) is 4.79 Å². The lowest BCUT2D eigenvalue weighted by molar-refractivity contribution is 0.0227. The van der Waals surface area contributed by atoms with E-state index in [1.165, 1.54) is 0 Å². The number of hydrogen-bond donors (Lipinski definition) is 1. The fraction of sp³-hybridized carbons (Fsp3) is 0.381. The maximum atomic E-state index is 12.8. The van der Waals surface area contributed by atoms with Crippen LogP contribution < -0.4 is 10.1 Å². The third kappa shape index (κ3) is 3.03. The molecule has 2 aromatic rings. The Morgan fingerprint density at radius 1 is 1.12 bits per heavy atom. The highest BCUT2D eigenvalue weighted by atomic mass is 16.5. The van der Waals surface area contributed by atoms with Gasteiger partial charge in [0.1, 0.15) is 11.4 Å². The summed E-state index contributed by atoms with van der Waals surface area (Å²) < 4.78 is 6.31. The molecule has 1 heterocycles. The molecule has 3 heteroatoms. The van der Waals surface area contributed by atoms with Crippen molar-refractivity contribution >= 4 is 5.91 Å². The Kier molecular flexibility index (Phi) is 4.61. The average molecular weight is 323 g/mol. The molecule has 1 atom stereocenters. The Labute approximate surface area is 144 Å². The zero-order valence-electron chi connectivity index (χ0n) is 14.6. The van der Waals surface area contributed by atoms with Gasteiger partial charge in [-0.1, -0.05) is 50.2 Å². The topological polar surface area (TPSA) is 38.3 Å². The molecule has 0 spiro atoms. The highest BCUT2D eigenvalue weighted by Crippen LogP contribution is 2.42. The van der Waals surface area contributed by atoms with Crippen molar-refractivity contribution in [1.29, 1.82) is 0 Å². The lowest BCUT2D eigenvalue weighted by Crippen LogP contribution is -2.44. The molecule has 3 rings (SSSR count). The molecule has 0 bridgehead atoms. The van der Waals surface area contributed by atoms with Gasteiger partial charge in [-0.25, -0.2) is 0 Å². The van der Waals surface area contributed by atoms with Crippen LogP contribution in [0.3, 0.4) is 0 Å². The first-order valence-electron chi connectivity index (χ1n) is 8.73. The second-order valence-electron chi connectivity index (χ2n) is 6.58. The Hall–Kier alpha value is -2.29. The molecule has 1 amide bonds. The van der Waals surface area contributed by atoms with Crippen molar-refractivity contribution in [2.45, 2.75) is 51.7 Å². The molecule has 0 fully saturated rings. The molecule has 1 aliphatic heterocycles. The smallest absolute Gasteiger partial charge is 0.252 e. The molecule has 0 saturated carbocycles. The van der Waals surface area contributed by atoms with Gasteiger partial charge in [0.25, 0.3) is 5.91 Å². The Bertz CT molecular complexity index is 734. The molecule has 0 saturated heterocycles. The van der Waals surface area contributed by atoms with Crippen molar-refractivity contribution < 1.29 is 9.53 Å². The first kappa shape index (κ1) is 16.6. The summed E-state index contributed by atoms with van der Waals surface area (Å²) in [6, 6.07) is 15.7. The molecule has 0 unspecified atom stereocenters. The average Bonchev–Trinajstić information content (AvgIpc) is 2.61. The second-order valence-corrected chi connectivity index (χ2v) is 6.58. The van der Waals surface area contributed by atoms with E-state index in [0.29, 0.717) is 0 Å². The first-order valence-corrected chi connectivity index (χ1v) is 8.73. The lowest BCUT2D eigenvalue weighted by atomic mass is 9.83. The van der Waals surface area contributed by atoms with Crippen LogP contribution in [0, 0.1) is 6.92 Å². The van der Waals surface area contributed by atoms with Crippen LogP contribution in [0.25, 0.3) is 0 Å². The van der Waals surface area contributed by atoms with E-state index in [2.05, 4.69) is 19.2 Å². The summed E-state index contributed by atoms with van der Waals surface area (Å²) in [6.07, 6.45) is 2.65. The van der Waals surface area contributed by atoms with Gasteiger partial charge in [0.05, 0.1) is 6.04 Å². The molecular weight excluding hydrogens is 298 g/mol. The van der Waals surface area contributed by atoms with E-state index in [9.17, 15) is 4.79 Å². The summed E-state index contributed by atoms with van der Waals surface area (Å²) in [5.74, 6) is 0.874. The minimum Gasteiger partial charge on any atom is -0.487 e. The number of para-hydroxylation sites is 1. The quantitative estimate of drug-likeness (QED) is 0.877. The third-order valence-corrected chi connectivity index (χ3v) is 5.18. The first-order chi connectivity index (χ1) is 11.6. The van der Waals surface area contributed by atoms with E-state index in [4.69, 9.17) is 4.74 Å². The van der Waals surface area contributed by atoms with Gasteiger partial charge in [-0.05, 0) is 37.5 Å². The zero-order valence-corrected chi connectivity index (χ0v) is 14.6. The maximum absolute atomic E-state index is 12.8. The monoisotopic (exact) mass is 323 g/mol. The Morgan fingerprint density at radius 3 is 2.50 bits per heavy atom. The summed E-state index contributed by atoms with van der Waals surface area (Å²) in [4.78, 5) is 12.8. The van der Waals surface area contributed by atoms with Crippen LogP contribution in [-0.2, 0) is 0 Å². The fourth-order valence-electron chi connectivity index (χ4n) is 3.49. The van der Waals surface area contributed by atoms with Gasteiger partial charge in [0, 0.05) is 17.5 Å². The molecule has 0 aliphatic carbocycles. The van der Waals surface area contributed by atoms with Crippen LogP contribution in [-0.4, -0.2) is 11.5 Å². The summed E-state index contributed by atoms with van der Waals surface area (Å²) in [7, 11) is 0. The van der Waals surface area contributed by atoms with Crippen molar-refractivity contribution in [2.24, 2.45) is 0 Å². The van der Waals surface area contributed by atoms with Gasteiger partial charge in [0.15, 0.2) is 0 Å². The Balaban J connectivity index is 1.91. The van der Waals surface area contributed by atoms with Gasteiger partial charge < -0.3 is 10.1 Å². The number of carbonyl (C=O) groups excluding carboxylic acids is 1. The van der Waals surface area contributed by atoms with Crippen LogP contribution >= 0.6 is 0 Å². The molecule has 0 aromatic heterocycles. The molecule has 24 heavy (non-hydrogen) atoms. The number of nitrogens with one attached hydrogen (secondary N) is 1. The molecule has 0 radical (unpaired) electrons. The van der Waals surface area contributed by atoms with Crippen LogP contribution in [0.2, 0.25) is 0 Å². The van der Waals surface area contributed by atoms with Crippen molar-refractivity contribution in [3.05, 3.63) is 65.2 Å². The minimum absolute atomic E-state index is 0.0177. The lowest BCUT2D eigenvalue weighted by Gasteiger charge is -2.41. The number of fused-ring (bicyclic) bond motifs is 1. The number of hydrogen-bond acceptors (Lipinski definition) is 2. The van der Waals surface area contributed by atoms with Crippen LogP contribution in [0.4, 0.5) is 0 Å². The molecule has 126 valence electrons. The van der Waals surface area contributed by atoms with E-state index in [-0.39, 0.29) is 17.6 Å². The third-order valence-electron chi connectivity index (χ3n) is 5.18. The highest BCUT2D eigenvalue weighted by Gasteiger charge is 2.39. The van der Waals surface area contributed by atoms with Crippen molar-refractivity contribution in [1.82, 2.24) is 5.32 Å². The predicted octanol–water partition coefficient (Wildman–Crippen LogP) is 4.81. The van der Waals surface area contributed by atoms with Gasteiger partial charge in [-0.2, -0.15) is 0 Å². The normalized spacial score (nSPS) is 18.4. The van der Waals surface area contributed by atoms with E-state index in [0.717, 1.165) is 41.7 Å². The van der Waals surface area contributed by atoms with Crippen LogP contribution in [0.15, 0.2) is 48.5 Å². The van der Waals surface area contributed by atoms with Gasteiger partial charge in [0.2, 0.25) is 0 Å². The summed E-state index contributed by atoms with van der Waals surface area (Å²) >= 11 is 0. The van der Waals surface area contributed by atoms with E-state index in [1.807, 2.05) is 55.5 Å². The van der Waals surface area contributed by atoms with Gasteiger partial charge >= 0.3 is 0 Å². The molecule has 3 nitrogen and oxygen atoms in total. The van der Waals surface area contributed by atoms with E-state index >= 15 is 0 Å². The summed E-state index contributed by atoms with van der Waals surface area (Å²) in [5.41, 5.74) is 2.59. The van der Waals surface area contributed by atoms with E-state index < -0.39 is 0 Å². The summed E-state index contributed by atoms with van der Waals surface area (Å²) in [6.45, 7) is 6.27. The second kappa shape index (κ2) is 6.68. The number of amides is 1. The highest BCUT2D eigenvalue weighted by molar-refractivity contribution is 5.95. The standard InChI is InChI=1S/C21H25NO2/c1-4-21(5-2)14-18(17-12-8-9-13-19(17)24-21)22-20(23)16-11-7-6-10-15(16)3/h6-13,18H,4-5,14H2,1-3H3,(H,22,23)/t18-/m1/s1. The maximum Gasteiger partial charge on any atom is 0.252 e. The summed E-state index contributed by atoms with van der Waals surface area (Å²) in [5, 5.41) is 3.24. The fourth-order valence-corrected chi connectivity index (χ4v) is 3.49. The number of benzene rings is 2. The number of rotatable bonds is 4. The van der Waals surface area contributed by atoms with Crippen LogP contribution in [0.1, 0.15) is 60.6 Å².